The summed E-state index contributed by atoms with van der Waals surface area (Å²) in [6.07, 6.45) is 6.40. The third kappa shape index (κ3) is 3.62. The van der Waals surface area contributed by atoms with Crippen molar-refractivity contribution in [1.82, 2.24) is 0 Å². The number of thiophene rings is 1. The smallest absolute Gasteiger partial charge is 0.0314 e. The molecule has 0 saturated heterocycles. The Hall–Kier alpha value is 0.140. The number of nitrogens with two attached hydrogens (primary N) is 1. The standard InChI is InChI=1S/C16H26BrNS/c1-15(2,3)12-4-7-16(11-18,8-5-12)10-14-13(17)6-9-19-14/h6,9,12H,4-5,7-8,10-11,18H2,1-3H3. The molecule has 0 unspecified atom stereocenters. The molecule has 2 rings (SSSR count). The second-order valence-corrected chi connectivity index (χ2v) is 9.07. The quantitative estimate of drug-likeness (QED) is 0.798. The summed E-state index contributed by atoms with van der Waals surface area (Å²) < 4.78 is 1.27. The molecule has 0 amide bonds. The molecule has 1 heterocycles. The Morgan fingerprint density at radius 2 is 2.00 bits per heavy atom. The highest BCUT2D eigenvalue weighted by molar-refractivity contribution is 9.10. The van der Waals surface area contributed by atoms with Crippen LogP contribution in [0.2, 0.25) is 0 Å². The highest BCUT2D eigenvalue weighted by Gasteiger charge is 2.38. The molecule has 0 atom stereocenters. The first-order valence-electron chi connectivity index (χ1n) is 7.28. The van der Waals surface area contributed by atoms with Crippen LogP contribution in [-0.4, -0.2) is 6.54 Å². The lowest BCUT2D eigenvalue weighted by atomic mass is 9.63. The van der Waals surface area contributed by atoms with Gasteiger partial charge in [0.05, 0.1) is 0 Å². The maximum Gasteiger partial charge on any atom is 0.0314 e. The molecule has 0 radical (unpaired) electrons. The van der Waals surface area contributed by atoms with Gasteiger partial charge in [0.1, 0.15) is 0 Å². The summed E-state index contributed by atoms with van der Waals surface area (Å²) in [6, 6.07) is 2.16. The van der Waals surface area contributed by atoms with E-state index >= 15 is 0 Å². The van der Waals surface area contributed by atoms with E-state index in [0.29, 0.717) is 10.8 Å². The summed E-state index contributed by atoms with van der Waals surface area (Å²) in [4.78, 5) is 1.47. The molecule has 2 N–H and O–H groups in total. The summed E-state index contributed by atoms with van der Waals surface area (Å²) in [5, 5.41) is 2.17. The Labute approximate surface area is 130 Å². The molecule has 0 spiro atoms. The van der Waals surface area contributed by atoms with Gasteiger partial charge in [0.15, 0.2) is 0 Å². The van der Waals surface area contributed by atoms with Gasteiger partial charge in [0.25, 0.3) is 0 Å². The fraction of sp³-hybridized carbons (Fsp3) is 0.750. The van der Waals surface area contributed by atoms with Crippen molar-refractivity contribution in [3.8, 4) is 0 Å². The van der Waals surface area contributed by atoms with Crippen molar-refractivity contribution >= 4 is 27.3 Å². The minimum Gasteiger partial charge on any atom is -0.330 e. The van der Waals surface area contributed by atoms with Crippen LogP contribution in [0.15, 0.2) is 15.9 Å². The SMILES string of the molecule is CC(C)(C)C1CCC(CN)(Cc2sccc2Br)CC1. The average Bonchev–Trinajstić information content (AvgIpc) is 2.74. The molecule has 0 aliphatic heterocycles. The van der Waals surface area contributed by atoms with Crippen LogP contribution >= 0.6 is 27.3 Å². The average molecular weight is 344 g/mol. The topological polar surface area (TPSA) is 26.0 Å². The fourth-order valence-electron chi connectivity index (χ4n) is 3.34. The summed E-state index contributed by atoms with van der Waals surface area (Å²) in [5.74, 6) is 0.860. The lowest BCUT2D eigenvalue weighted by molar-refractivity contribution is 0.0931. The van der Waals surface area contributed by atoms with Crippen LogP contribution in [0, 0.1) is 16.7 Å². The summed E-state index contributed by atoms with van der Waals surface area (Å²) >= 11 is 5.52. The molecule has 1 aromatic heterocycles. The Bertz CT molecular complexity index is 411. The molecule has 1 aliphatic rings. The van der Waals surface area contributed by atoms with E-state index in [1.54, 1.807) is 0 Å². The first-order valence-corrected chi connectivity index (χ1v) is 8.95. The predicted octanol–water partition coefficient (Wildman–Crippen LogP) is 5.23. The zero-order valence-corrected chi connectivity index (χ0v) is 14.7. The third-order valence-electron chi connectivity index (χ3n) is 4.93. The third-order valence-corrected chi connectivity index (χ3v) is 6.86. The van der Waals surface area contributed by atoms with Gasteiger partial charge in [0.2, 0.25) is 0 Å². The van der Waals surface area contributed by atoms with Gasteiger partial charge < -0.3 is 5.73 Å². The molecule has 1 aliphatic carbocycles. The van der Waals surface area contributed by atoms with Gasteiger partial charge >= 0.3 is 0 Å². The van der Waals surface area contributed by atoms with Crippen molar-refractivity contribution in [2.45, 2.75) is 52.9 Å². The molecule has 0 bridgehead atoms. The fourth-order valence-corrected chi connectivity index (χ4v) is 5.01. The van der Waals surface area contributed by atoms with Crippen LogP contribution in [0.5, 0.6) is 0 Å². The van der Waals surface area contributed by atoms with E-state index in [9.17, 15) is 0 Å². The molecule has 0 aromatic carbocycles. The first kappa shape index (κ1) is 15.5. The Morgan fingerprint density at radius 3 is 2.42 bits per heavy atom. The van der Waals surface area contributed by atoms with Gasteiger partial charge in [-0.2, -0.15) is 0 Å². The zero-order valence-electron chi connectivity index (χ0n) is 12.3. The molecule has 3 heteroatoms. The number of hydrogen-bond donors (Lipinski definition) is 1. The largest absolute Gasteiger partial charge is 0.330 e. The van der Waals surface area contributed by atoms with Crippen LogP contribution in [0.1, 0.15) is 51.3 Å². The van der Waals surface area contributed by atoms with Gasteiger partial charge in [-0.15, -0.1) is 11.3 Å². The van der Waals surface area contributed by atoms with Gasteiger partial charge in [-0.1, -0.05) is 20.8 Å². The maximum absolute atomic E-state index is 6.15. The summed E-state index contributed by atoms with van der Waals surface area (Å²) in [5.41, 5.74) is 6.94. The maximum atomic E-state index is 6.15. The van der Waals surface area contributed by atoms with E-state index in [4.69, 9.17) is 5.73 Å². The monoisotopic (exact) mass is 343 g/mol. The minimum absolute atomic E-state index is 0.342. The minimum atomic E-state index is 0.342. The van der Waals surface area contributed by atoms with Gasteiger partial charge in [-0.05, 0) is 82.8 Å². The van der Waals surface area contributed by atoms with E-state index in [1.165, 1.54) is 35.0 Å². The van der Waals surface area contributed by atoms with Crippen molar-refractivity contribution in [1.29, 1.82) is 0 Å². The number of halogens is 1. The highest BCUT2D eigenvalue weighted by atomic mass is 79.9. The van der Waals surface area contributed by atoms with Gasteiger partial charge in [-0.3, -0.25) is 0 Å². The molecular weight excluding hydrogens is 318 g/mol. The summed E-state index contributed by atoms with van der Waals surface area (Å²) in [6.45, 7) is 7.96. The predicted molar refractivity (Wildman–Crippen MR) is 88.6 cm³/mol. The highest BCUT2D eigenvalue weighted by Crippen LogP contribution is 2.47. The summed E-state index contributed by atoms with van der Waals surface area (Å²) in [7, 11) is 0. The molecule has 19 heavy (non-hydrogen) atoms. The number of hydrogen-bond acceptors (Lipinski definition) is 2. The Balaban J connectivity index is 2.04. The second-order valence-electron chi connectivity index (χ2n) is 7.21. The molecule has 1 nitrogen and oxygen atoms in total. The van der Waals surface area contributed by atoms with Crippen LogP contribution in [0.4, 0.5) is 0 Å². The lowest BCUT2D eigenvalue weighted by Gasteiger charge is -2.43. The normalized spacial score (nSPS) is 28.6. The van der Waals surface area contributed by atoms with Crippen LogP contribution in [0.25, 0.3) is 0 Å². The molecule has 108 valence electrons. The van der Waals surface area contributed by atoms with Crippen molar-refractivity contribution in [3.05, 3.63) is 20.8 Å². The van der Waals surface area contributed by atoms with E-state index < -0.39 is 0 Å². The van der Waals surface area contributed by atoms with Crippen LogP contribution < -0.4 is 5.73 Å². The van der Waals surface area contributed by atoms with E-state index in [0.717, 1.165) is 18.9 Å². The lowest BCUT2D eigenvalue weighted by Crippen LogP contribution is -2.39. The molecule has 1 aromatic rings. The van der Waals surface area contributed by atoms with Crippen molar-refractivity contribution in [3.63, 3.8) is 0 Å². The van der Waals surface area contributed by atoms with Crippen LogP contribution in [-0.2, 0) is 6.42 Å². The molecule has 1 fully saturated rings. The van der Waals surface area contributed by atoms with E-state index in [-0.39, 0.29) is 0 Å². The number of rotatable bonds is 3. The zero-order chi connectivity index (χ0) is 14.1. The first-order chi connectivity index (χ1) is 8.86. The van der Waals surface area contributed by atoms with Crippen molar-refractivity contribution in [2.75, 3.05) is 6.54 Å². The van der Waals surface area contributed by atoms with Crippen molar-refractivity contribution < 1.29 is 0 Å². The van der Waals surface area contributed by atoms with Gasteiger partial charge in [-0.25, -0.2) is 0 Å². The van der Waals surface area contributed by atoms with Crippen LogP contribution in [0.3, 0.4) is 0 Å². The molecule has 1 saturated carbocycles. The van der Waals surface area contributed by atoms with Gasteiger partial charge in [0, 0.05) is 9.35 Å². The van der Waals surface area contributed by atoms with E-state index in [2.05, 4.69) is 48.1 Å². The van der Waals surface area contributed by atoms with E-state index in [1.807, 2.05) is 11.3 Å². The Kier molecular flexibility index (Phi) is 4.79. The second kappa shape index (κ2) is 5.87. The van der Waals surface area contributed by atoms with Crippen molar-refractivity contribution in [2.24, 2.45) is 22.5 Å². The Morgan fingerprint density at radius 1 is 1.37 bits per heavy atom. The molecular formula is C16H26BrNS.